The summed E-state index contributed by atoms with van der Waals surface area (Å²) in [5, 5.41) is 9.09. The third-order valence-corrected chi connectivity index (χ3v) is 2.64. The fraction of sp³-hybridized carbons (Fsp3) is 0.333. The van der Waals surface area contributed by atoms with Crippen LogP contribution in [0, 0.1) is 5.92 Å². The Balaban J connectivity index is 2.42. The summed E-state index contributed by atoms with van der Waals surface area (Å²) in [6, 6.07) is 8.42. The Morgan fingerprint density at radius 1 is 1.38 bits per heavy atom. The zero-order valence-corrected chi connectivity index (χ0v) is 7.83. The molecule has 1 aliphatic rings. The highest BCUT2D eigenvalue weighted by atomic mass is 16.3. The summed E-state index contributed by atoms with van der Waals surface area (Å²) < 4.78 is 0. The number of benzene rings is 1. The van der Waals surface area contributed by atoms with E-state index >= 15 is 0 Å². The van der Waals surface area contributed by atoms with Crippen LogP contribution in [0.25, 0.3) is 5.57 Å². The average Bonchev–Trinajstić information content (AvgIpc) is 2.18. The predicted octanol–water partition coefficient (Wildman–Crippen LogP) is 2.25. The van der Waals surface area contributed by atoms with E-state index in [2.05, 4.69) is 37.3 Å². The van der Waals surface area contributed by atoms with Gasteiger partial charge in [0.1, 0.15) is 0 Å². The first kappa shape index (κ1) is 8.52. The van der Waals surface area contributed by atoms with E-state index in [0.29, 0.717) is 5.92 Å². The SMILES string of the molecule is CC1=CC(CO)Cc2ccccc21. The van der Waals surface area contributed by atoms with Gasteiger partial charge in [0.2, 0.25) is 0 Å². The quantitative estimate of drug-likeness (QED) is 0.692. The first-order valence-electron chi connectivity index (χ1n) is 4.69. The van der Waals surface area contributed by atoms with E-state index in [9.17, 15) is 0 Å². The number of aliphatic hydroxyl groups excluding tert-OH is 1. The van der Waals surface area contributed by atoms with Gasteiger partial charge in [-0.1, -0.05) is 30.3 Å². The van der Waals surface area contributed by atoms with E-state index in [-0.39, 0.29) is 6.61 Å². The van der Waals surface area contributed by atoms with E-state index in [1.807, 2.05) is 0 Å². The van der Waals surface area contributed by atoms with Gasteiger partial charge in [-0.2, -0.15) is 0 Å². The molecule has 0 saturated heterocycles. The van der Waals surface area contributed by atoms with Gasteiger partial charge in [0, 0.05) is 12.5 Å². The minimum absolute atomic E-state index is 0.256. The summed E-state index contributed by atoms with van der Waals surface area (Å²) >= 11 is 0. The first-order chi connectivity index (χ1) is 6.31. The molecular formula is C12H14O. The van der Waals surface area contributed by atoms with Gasteiger partial charge in [0.15, 0.2) is 0 Å². The molecule has 0 aromatic heterocycles. The van der Waals surface area contributed by atoms with Crippen LogP contribution in [0.15, 0.2) is 30.3 Å². The Hall–Kier alpha value is -1.08. The molecule has 0 radical (unpaired) electrons. The molecule has 0 aliphatic heterocycles. The topological polar surface area (TPSA) is 20.2 Å². The van der Waals surface area contributed by atoms with Crippen LogP contribution in [0.4, 0.5) is 0 Å². The molecule has 0 saturated carbocycles. The van der Waals surface area contributed by atoms with E-state index in [1.54, 1.807) is 0 Å². The molecule has 1 heteroatoms. The molecule has 1 nitrogen and oxygen atoms in total. The summed E-state index contributed by atoms with van der Waals surface area (Å²) in [6.07, 6.45) is 3.15. The number of hydrogen-bond acceptors (Lipinski definition) is 1. The van der Waals surface area contributed by atoms with Crippen molar-refractivity contribution in [2.45, 2.75) is 13.3 Å². The maximum Gasteiger partial charge on any atom is 0.0497 e. The van der Waals surface area contributed by atoms with Gasteiger partial charge in [0.05, 0.1) is 0 Å². The normalized spacial score (nSPS) is 20.8. The lowest BCUT2D eigenvalue weighted by Crippen LogP contribution is -2.12. The van der Waals surface area contributed by atoms with Crippen LogP contribution < -0.4 is 0 Å². The Morgan fingerprint density at radius 2 is 2.15 bits per heavy atom. The van der Waals surface area contributed by atoms with Crippen molar-refractivity contribution in [1.82, 2.24) is 0 Å². The van der Waals surface area contributed by atoms with Crippen molar-refractivity contribution in [2.75, 3.05) is 6.61 Å². The van der Waals surface area contributed by atoms with Gasteiger partial charge < -0.3 is 5.11 Å². The summed E-state index contributed by atoms with van der Waals surface area (Å²) in [6.45, 7) is 2.37. The van der Waals surface area contributed by atoms with E-state index < -0.39 is 0 Å². The van der Waals surface area contributed by atoms with Crippen molar-refractivity contribution in [2.24, 2.45) is 5.92 Å². The van der Waals surface area contributed by atoms with Crippen LogP contribution in [0.3, 0.4) is 0 Å². The van der Waals surface area contributed by atoms with Gasteiger partial charge >= 0.3 is 0 Å². The molecule has 0 bridgehead atoms. The molecule has 2 rings (SSSR count). The lowest BCUT2D eigenvalue weighted by atomic mass is 9.86. The standard InChI is InChI=1S/C12H14O/c1-9-6-10(8-13)7-11-4-2-3-5-12(9)11/h2-6,10,13H,7-8H2,1H3. The monoisotopic (exact) mass is 174 g/mol. The van der Waals surface area contributed by atoms with Crippen LogP contribution in [0.1, 0.15) is 18.1 Å². The molecule has 0 spiro atoms. The molecule has 13 heavy (non-hydrogen) atoms. The van der Waals surface area contributed by atoms with Gasteiger partial charge in [-0.25, -0.2) is 0 Å². The smallest absolute Gasteiger partial charge is 0.0497 e. The van der Waals surface area contributed by atoms with Crippen molar-refractivity contribution in [3.8, 4) is 0 Å². The number of hydrogen-bond donors (Lipinski definition) is 1. The molecule has 1 aromatic carbocycles. The molecule has 0 heterocycles. The zero-order chi connectivity index (χ0) is 9.26. The molecule has 0 amide bonds. The molecule has 1 atom stereocenters. The fourth-order valence-electron chi connectivity index (χ4n) is 1.98. The van der Waals surface area contributed by atoms with E-state index in [0.717, 1.165) is 6.42 Å². The number of aliphatic hydroxyl groups is 1. The number of rotatable bonds is 1. The Bertz CT molecular complexity index is 339. The van der Waals surface area contributed by atoms with Gasteiger partial charge in [-0.15, -0.1) is 0 Å². The van der Waals surface area contributed by atoms with E-state index in [4.69, 9.17) is 5.11 Å². The second kappa shape index (κ2) is 3.35. The Morgan fingerprint density at radius 3 is 2.92 bits per heavy atom. The van der Waals surface area contributed by atoms with Crippen molar-refractivity contribution in [3.63, 3.8) is 0 Å². The largest absolute Gasteiger partial charge is 0.396 e. The van der Waals surface area contributed by atoms with Crippen molar-refractivity contribution in [1.29, 1.82) is 0 Å². The maximum absolute atomic E-state index is 9.09. The molecule has 1 unspecified atom stereocenters. The van der Waals surface area contributed by atoms with Gasteiger partial charge in [-0.05, 0) is 30.0 Å². The first-order valence-corrected chi connectivity index (χ1v) is 4.69. The number of allylic oxidation sites excluding steroid dienone is 1. The second-order valence-corrected chi connectivity index (χ2v) is 3.65. The molecule has 68 valence electrons. The van der Waals surface area contributed by atoms with Crippen LogP contribution in [0.2, 0.25) is 0 Å². The third kappa shape index (κ3) is 1.52. The summed E-state index contributed by atoms with van der Waals surface area (Å²) in [5.41, 5.74) is 4.00. The van der Waals surface area contributed by atoms with Crippen LogP contribution in [0.5, 0.6) is 0 Å². The van der Waals surface area contributed by atoms with Crippen molar-refractivity contribution >= 4 is 5.57 Å². The fourth-order valence-corrected chi connectivity index (χ4v) is 1.98. The minimum atomic E-state index is 0.256. The highest BCUT2D eigenvalue weighted by Crippen LogP contribution is 2.28. The second-order valence-electron chi connectivity index (χ2n) is 3.65. The molecule has 1 aliphatic carbocycles. The summed E-state index contributed by atoms with van der Waals surface area (Å²) in [5.74, 6) is 0.315. The minimum Gasteiger partial charge on any atom is -0.396 e. The van der Waals surface area contributed by atoms with Crippen molar-refractivity contribution in [3.05, 3.63) is 41.5 Å². The Kier molecular flexibility index (Phi) is 2.19. The van der Waals surface area contributed by atoms with Gasteiger partial charge in [-0.3, -0.25) is 0 Å². The zero-order valence-electron chi connectivity index (χ0n) is 7.83. The molecular weight excluding hydrogens is 160 g/mol. The van der Waals surface area contributed by atoms with Gasteiger partial charge in [0.25, 0.3) is 0 Å². The maximum atomic E-state index is 9.09. The highest BCUT2D eigenvalue weighted by Gasteiger charge is 2.15. The van der Waals surface area contributed by atoms with Crippen molar-refractivity contribution < 1.29 is 5.11 Å². The lowest BCUT2D eigenvalue weighted by Gasteiger charge is -2.20. The summed E-state index contributed by atoms with van der Waals surface area (Å²) in [7, 11) is 0. The van der Waals surface area contributed by atoms with Crippen LogP contribution in [-0.2, 0) is 6.42 Å². The molecule has 1 aromatic rings. The van der Waals surface area contributed by atoms with Crippen LogP contribution in [-0.4, -0.2) is 11.7 Å². The molecule has 0 fully saturated rings. The predicted molar refractivity (Wildman–Crippen MR) is 54.4 cm³/mol. The number of fused-ring (bicyclic) bond motifs is 1. The lowest BCUT2D eigenvalue weighted by molar-refractivity contribution is 0.251. The third-order valence-electron chi connectivity index (χ3n) is 2.64. The average molecular weight is 174 g/mol. The van der Waals surface area contributed by atoms with E-state index in [1.165, 1.54) is 16.7 Å². The summed E-state index contributed by atoms with van der Waals surface area (Å²) in [4.78, 5) is 0. The van der Waals surface area contributed by atoms with Crippen LogP contribution >= 0.6 is 0 Å². The highest BCUT2D eigenvalue weighted by molar-refractivity contribution is 5.68. The Labute approximate surface area is 78.7 Å². The molecule has 1 N–H and O–H groups in total.